The fourth-order valence-electron chi connectivity index (χ4n) is 11.9. The molecule has 0 unspecified atom stereocenters. The lowest BCUT2D eigenvalue weighted by atomic mass is 9.98. The third-order valence-electron chi connectivity index (χ3n) is 15.2. The van der Waals surface area contributed by atoms with E-state index in [9.17, 15) is 0 Å². The average molecular weight is 960 g/mol. The van der Waals surface area contributed by atoms with E-state index in [1.807, 2.05) is 0 Å². The van der Waals surface area contributed by atoms with Gasteiger partial charge >= 0.3 is 0 Å². The number of thiophene rings is 1. The molecule has 0 saturated carbocycles. The number of fused-ring (bicyclic) bond motifs is 14. The summed E-state index contributed by atoms with van der Waals surface area (Å²) in [6.45, 7) is 0. The van der Waals surface area contributed by atoms with E-state index in [1.165, 1.54) is 65.0 Å². The molecule has 0 amide bonds. The van der Waals surface area contributed by atoms with Crippen molar-refractivity contribution in [1.82, 2.24) is 23.7 Å². The molecular weight excluding hydrogens is 919 g/mol. The summed E-state index contributed by atoms with van der Waals surface area (Å²) in [4.78, 5) is 12.4. The maximum absolute atomic E-state index is 5.70. The molecule has 0 atom stereocenters. The lowest BCUT2D eigenvalue weighted by Crippen LogP contribution is -2.02. The van der Waals surface area contributed by atoms with Gasteiger partial charge < -0.3 is 9.13 Å². The molecule has 344 valence electrons. The molecule has 74 heavy (non-hydrogen) atoms. The molecule has 0 bridgehead atoms. The zero-order chi connectivity index (χ0) is 48.4. The topological polar surface area (TPSA) is 40.6 Å². The van der Waals surface area contributed by atoms with Crippen LogP contribution in [0.4, 0.5) is 0 Å². The summed E-state index contributed by atoms with van der Waals surface area (Å²) in [5, 5.41) is 12.1. The predicted molar refractivity (Wildman–Crippen MR) is 312 cm³/mol. The van der Waals surface area contributed by atoms with Gasteiger partial charge in [-0.3, -0.25) is 4.57 Å². The van der Waals surface area contributed by atoms with Crippen LogP contribution in [0.2, 0.25) is 0 Å². The van der Waals surface area contributed by atoms with Crippen molar-refractivity contribution in [2.24, 2.45) is 0 Å². The highest BCUT2D eigenvalue weighted by molar-refractivity contribution is 7.22. The minimum absolute atomic E-state index is 0.641. The molecule has 0 aliphatic rings. The third-order valence-corrected chi connectivity index (χ3v) is 16.4. The van der Waals surface area contributed by atoms with Crippen molar-refractivity contribution in [3.05, 3.63) is 249 Å². The summed E-state index contributed by atoms with van der Waals surface area (Å²) in [6.07, 6.45) is 0. The monoisotopic (exact) mass is 959 g/mol. The first kappa shape index (κ1) is 41.0. The Morgan fingerprint density at radius 3 is 1.39 bits per heavy atom. The maximum atomic E-state index is 5.70. The van der Waals surface area contributed by atoms with Gasteiger partial charge in [0.25, 0.3) is 0 Å². The van der Waals surface area contributed by atoms with Gasteiger partial charge in [0.15, 0.2) is 0 Å². The molecule has 16 aromatic rings. The molecule has 0 aliphatic carbocycles. The number of benzene rings is 11. The van der Waals surface area contributed by atoms with Crippen LogP contribution in [0.3, 0.4) is 0 Å². The Hall–Kier alpha value is -9.62. The van der Waals surface area contributed by atoms with Gasteiger partial charge in [0.05, 0.1) is 49.0 Å². The van der Waals surface area contributed by atoms with Crippen LogP contribution < -0.4 is 0 Å². The molecule has 0 saturated heterocycles. The summed E-state index contributed by atoms with van der Waals surface area (Å²) in [7, 11) is 0. The van der Waals surface area contributed by atoms with Gasteiger partial charge in [-0.25, -0.2) is 9.97 Å². The minimum atomic E-state index is 0.641. The van der Waals surface area contributed by atoms with Gasteiger partial charge in [-0.2, -0.15) is 0 Å². The second kappa shape index (κ2) is 15.9. The van der Waals surface area contributed by atoms with Crippen molar-refractivity contribution in [1.29, 1.82) is 0 Å². The predicted octanol–water partition coefficient (Wildman–Crippen LogP) is 18.3. The normalized spacial score (nSPS) is 12.1. The molecule has 0 N–H and O–H groups in total. The van der Waals surface area contributed by atoms with Crippen molar-refractivity contribution < 1.29 is 0 Å². The summed E-state index contributed by atoms with van der Waals surface area (Å²) in [6, 6.07) is 90.3. The van der Waals surface area contributed by atoms with E-state index in [4.69, 9.17) is 9.97 Å². The standard InChI is InChI=1S/C68H41N5S/c1-4-18-44(19-5-1)63-41-56-67(74-63)66(47-32-35-58-53(40-47)52-26-14-15-27-57(52)71(58)48-20-6-2-7-21-48)70-68(69-56)73-60-34-31-46(39-55(60)65-51-25-13-11-17-43(51)29-37-62(65)73)45-30-33-59-54(38-45)64-50-24-12-10-16-42(50)28-36-61(64)72(59)49-22-8-3-9-23-49/h1-41H. The molecule has 5 heterocycles. The Morgan fingerprint density at radius 2 is 0.757 bits per heavy atom. The Balaban J connectivity index is 0.938. The van der Waals surface area contributed by atoms with Gasteiger partial charge in [0.1, 0.15) is 0 Å². The van der Waals surface area contributed by atoms with Crippen molar-refractivity contribution in [3.63, 3.8) is 0 Å². The number of rotatable bonds is 6. The van der Waals surface area contributed by atoms with Gasteiger partial charge in [-0.15, -0.1) is 11.3 Å². The zero-order valence-corrected chi connectivity index (χ0v) is 40.6. The molecule has 0 spiro atoms. The first-order valence-electron chi connectivity index (χ1n) is 25.1. The summed E-state index contributed by atoms with van der Waals surface area (Å²) in [5.41, 5.74) is 15.5. The van der Waals surface area contributed by atoms with E-state index in [0.29, 0.717) is 5.95 Å². The molecule has 5 nitrogen and oxygen atoms in total. The van der Waals surface area contributed by atoms with E-state index in [2.05, 4.69) is 262 Å². The van der Waals surface area contributed by atoms with Crippen LogP contribution >= 0.6 is 11.3 Å². The number of aromatic nitrogens is 5. The number of hydrogen-bond donors (Lipinski definition) is 0. The lowest BCUT2D eigenvalue weighted by Gasteiger charge is -2.11. The minimum Gasteiger partial charge on any atom is -0.309 e. The smallest absolute Gasteiger partial charge is 0.235 e. The highest BCUT2D eigenvalue weighted by Gasteiger charge is 2.23. The highest BCUT2D eigenvalue weighted by Crippen LogP contribution is 2.45. The van der Waals surface area contributed by atoms with Gasteiger partial charge in [0.2, 0.25) is 5.95 Å². The van der Waals surface area contributed by atoms with Crippen molar-refractivity contribution in [2.45, 2.75) is 0 Å². The van der Waals surface area contributed by atoms with Gasteiger partial charge in [-0.1, -0.05) is 164 Å². The van der Waals surface area contributed by atoms with E-state index >= 15 is 0 Å². The van der Waals surface area contributed by atoms with Crippen LogP contribution in [-0.4, -0.2) is 23.7 Å². The van der Waals surface area contributed by atoms with Gasteiger partial charge in [0, 0.05) is 54.1 Å². The molecule has 11 aromatic carbocycles. The maximum Gasteiger partial charge on any atom is 0.235 e. The molecule has 0 radical (unpaired) electrons. The van der Waals surface area contributed by atoms with E-state index in [0.717, 1.165) is 76.4 Å². The molecular formula is C68H41N5S. The van der Waals surface area contributed by atoms with E-state index in [-0.39, 0.29) is 0 Å². The summed E-state index contributed by atoms with van der Waals surface area (Å²) < 4.78 is 8.14. The molecule has 0 aliphatic heterocycles. The van der Waals surface area contributed by atoms with Crippen molar-refractivity contribution in [3.8, 4) is 50.1 Å². The number of hydrogen-bond acceptors (Lipinski definition) is 3. The van der Waals surface area contributed by atoms with Crippen LogP contribution in [0.1, 0.15) is 0 Å². The highest BCUT2D eigenvalue weighted by atomic mass is 32.1. The first-order valence-corrected chi connectivity index (χ1v) is 26.0. The Labute approximate surface area is 428 Å². The second-order valence-corrected chi connectivity index (χ2v) is 20.4. The average Bonchev–Trinajstić information content (AvgIpc) is 4.23. The van der Waals surface area contributed by atoms with E-state index < -0.39 is 0 Å². The van der Waals surface area contributed by atoms with Crippen LogP contribution in [0.25, 0.3) is 147 Å². The number of para-hydroxylation sites is 3. The Morgan fingerprint density at radius 1 is 0.297 bits per heavy atom. The summed E-state index contributed by atoms with van der Waals surface area (Å²) in [5.74, 6) is 0.641. The summed E-state index contributed by atoms with van der Waals surface area (Å²) >= 11 is 1.76. The second-order valence-electron chi connectivity index (χ2n) is 19.3. The van der Waals surface area contributed by atoms with Crippen LogP contribution in [0.15, 0.2) is 249 Å². The fraction of sp³-hybridized carbons (Fsp3) is 0. The third kappa shape index (κ3) is 6.09. The molecule has 0 fully saturated rings. The Bertz CT molecular complexity index is 4950. The number of nitrogens with zero attached hydrogens (tertiary/aromatic N) is 5. The van der Waals surface area contributed by atoms with Gasteiger partial charge in [-0.05, 0) is 123 Å². The molecule has 6 heteroatoms. The van der Waals surface area contributed by atoms with Crippen LogP contribution in [0.5, 0.6) is 0 Å². The lowest BCUT2D eigenvalue weighted by molar-refractivity contribution is 1.02. The SMILES string of the molecule is c1ccc(-c2cc3nc(-n4c5ccc(-c6ccc7c(c6)c6c8ccccc8ccc6n7-c6ccccc6)cc5c5c6ccccc6ccc54)nc(-c4ccc5c(c4)c4ccccc4n5-c4ccccc4)c3s2)cc1. The van der Waals surface area contributed by atoms with Crippen molar-refractivity contribution in [2.75, 3.05) is 0 Å². The van der Waals surface area contributed by atoms with E-state index in [1.54, 1.807) is 11.3 Å². The molecule has 5 aromatic heterocycles. The first-order chi connectivity index (χ1) is 36.7. The Kier molecular flexibility index (Phi) is 8.84. The van der Waals surface area contributed by atoms with Crippen LogP contribution in [0, 0.1) is 0 Å². The largest absolute Gasteiger partial charge is 0.309 e. The zero-order valence-electron chi connectivity index (χ0n) is 39.8. The fourth-order valence-corrected chi connectivity index (χ4v) is 13.1. The van der Waals surface area contributed by atoms with Crippen LogP contribution in [-0.2, 0) is 0 Å². The van der Waals surface area contributed by atoms with Crippen molar-refractivity contribution >= 4 is 109 Å². The quantitative estimate of drug-likeness (QED) is 0.167. The molecule has 16 rings (SSSR count).